The second-order valence-corrected chi connectivity index (χ2v) is 10.3. The van der Waals surface area contributed by atoms with Crippen molar-refractivity contribution in [2.24, 2.45) is 10.8 Å². The van der Waals surface area contributed by atoms with Crippen LogP contribution in [-0.4, -0.2) is 0 Å². The summed E-state index contributed by atoms with van der Waals surface area (Å²) in [6.45, 7) is 7.26. The van der Waals surface area contributed by atoms with Crippen molar-refractivity contribution in [3.05, 3.63) is 34.9 Å². The van der Waals surface area contributed by atoms with Crippen molar-refractivity contribution < 1.29 is 0 Å². The molecule has 0 nitrogen and oxygen atoms in total. The van der Waals surface area contributed by atoms with Gasteiger partial charge in [0.2, 0.25) is 0 Å². The molecule has 0 heterocycles. The first-order valence-corrected chi connectivity index (χ1v) is 11.6. The van der Waals surface area contributed by atoms with Crippen LogP contribution in [0.5, 0.6) is 0 Å². The van der Waals surface area contributed by atoms with E-state index in [9.17, 15) is 0 Å². The first kappa shape index (κ1) is 20.0. The Labute approximate surface area is 163 Å². The molecule has 0 heteroatoms. The van der Waals surface area contributed by atoms with E-state index in [0.717, 1.165) is 10.8 Å². The van der Waals surface area contributed by atoms with E-state index < -0.39 is 0 Å². The van der Waals surface area contributed by atoms with Gasteiger partial charge in [0.15, 0.2) is 0 Å². The number of aryl methyl sites for hydroxylation is 2. The summed E-state index contributed by atoms with van der Waals surface area (Å²) in [5, 5.41) is 0. The average molecular weight is 355 g/mol. The molecule has 0 N–H and O–H groups in total. The van der Waals surface area contributed by atoms with E-state index >= 15 is 0 Å². The molecule has 0 unspecified atom stereocenters. The monoisotopic (exact) mass is 354 g/mol. The van der Waals surface area contributed by atoms with Gasteiger partial charge in [0, 0.05) is 0 Å². The summed E-state index contributed by atoms with van der Waals surface area (Å²) in [6.07, 6.45) is 21.4. The molecule has 0 amide bonds. The number of benzene rings is 1. The maximum atomic E-state index is 2.47. The van der Waals surface area contributed by atoms with Crippen LogP contribution in [0.15, 0.2) is 18.2 Å². The van der Waals surface area contributed by atoms with E-state index in [1.807, 2.05) is 0 Å². The SMILES string of the molecule is Cc1cccc(CCCCCC2(C)CC2)c1CCCCCCC1(C)CC1. The molecule has 0 bridgehead atoms. The summed E-state index contributed by atoms with van der Waals surface area (Å²) < 4.78 is 0. The van der Waals surface area contributed by atoms with Crippen LogP contribution in [-0.2, 0) is 12.8 Å². The Morgan fingerprint density at radius 2 is 1.23 bits per heavy atom. The van der Waals surface area contributed by atoms with Crippen LogP contribution in [0.3, 0.4) is 0 Å². The van der Waals surface area contributed by atoms with E-state index in [1.54, 1.807) is 11.1 Å². The number of hydrogen-bond acceptors (Lipinski definition) is 0. The van der Waals surface area contributed by atoms with Gasteiger partial charge in [-0.05, 0) is 98.7 Å². The third-order valence-corrected chi connectivity index (χ3v) is 7.40. The highest BCUT2D eigenvalue weighted by Crippen LogP contribution is 2.49. The molecule has 1 aromatic rings. The van der Waals surface area contributed by atoms with E-state index in [4.69, 9.17) is 0 Å². The lowest BCUT2D eigenvalue weighted by molar-refractivity contribution is 0.471. The predicted octanol–water partition coefficient (Wildman–Crippen LogP) is 8.19. The van der Waals surface area contributed by atoms with Crippen LogP contribution in [0.4, 0.5) is 0 Å². The van der Waals surface area contributed by atoms with Crippen LogP contribution in [0, 0.1) is 17.8 Å². The normalized spacial score (nSPS) is 19.5. The molecule has 146 valence electrons. The standard InChI is InChI=1S/C26H42/c1-22-12-11-14-23(13-7-6-10-17-26(3)20-21-26)24(22)15-8-4-5-9-16-25(2)18-19-25/h11-12,14H,4-10,13,15-21H2,1-3H3. The van der Waals surface area contributed by atoms with E-state index in [2.05, 4.69) is 39.0 Å². The largest absolute Gasteiger partial charge is 0.0617 e. The highest BCUT2D eigenvalue weighted by atomic mass is 14.4. The van der Waals surface area contributed by atoms with Gasteiger partial charge in [-0.15, -0.1) is 0 Å². The van der Waals surface area contributed by atoms with Crippen molar-refractivity contribution in [2.45, 2.75) is 117 Å². The Kier molecular flexibility index (Phi) is 6.87. The zero-order chi connectivity index (χ0) is 18.5. The molecule has 1 aromatic carbocycles. The van der Waals surface area contributed by atoms with Crippen LogP contribution in [0.25, 0.3) is 0 Å². The van der Waals surface area contributed by atoms with E-state index in [0.29, 0.717) is 0 Å². The maximum Gasteiger partial charge on any atom is -0.0274 e. The first-order valence-electron chi connectivity index (χ1n) is 11.6. The second-order valence-electron chi connectivity index (χ2n) is 10.3. The first-order chi connectivity index (χ1) is 12.5. The lowest BCUT2D eigenvalue weighted by Crippen LogP contribution is -1.99. The Bertz CT molecular complexity index is 559. The van der Waals surface area contributed by atoms with Gasteiger partial charge in [-0.1, -0.05) is 64.2 Å². The Hall–Kier alpha value is -0.780. The Balaban J connectivity index is 1.34. The fourth-order valence-corrected chi connectivity index (χ4v) is 4.53. The summed E-state index contributed by atoms with van der Waals surface area (Å²) in [7, 11) is 0. The van der Waals surface area contributed by atoms with Gasteiger partial charge in [-0.3, -0.25) is 0 Å². The molecule has 0 aromatic heterocycles. The van der Waals surface area contributed by atoms with Crippen molar-refractivity contribution in [1.29, 1.82) is 0 Å². The summed E-state index contributed by atoms with van der Waals surface area (Å²) in [4.78, 5) is 0. The molecule has 0 saturated heterocycles. The lowest BCUT2D eigenvalue weighted by Gasteiger charge is -2.14. The zero-order valence-electron chi connectivity index (χ0n) is 17.8. The smallest absolute Gasteiger partial charge is 0.0274 e. The molecule has 0 atom stereocenters. The van der Waals surface area contributed by atoms with E-state index in [1.165, 1.54) is 102 Å². The van der Waals surface area contributed by atoms with Gasteiger partial charge < -0.3 is 0 Å². The van der Waals surface area contributed by atoms with Crippen molar-refractivity contribution in [1.82, 2.24) is 0 Å². The zero-order valence-corrected chi connectivity index (χ0v) is 17.8. The average Bonchev–Trinajstić information content (AvgIpc) is 3.52. The molecule has 26 heavy (non-hydrogen) atoms. The van der Waals surface area contributed by atoms with Crippen molar-refractivity contribution >= 4 is 0 Å². The van der Waals surface area contributed by atoms with Crippen LogP contribution in [0.1, 0.15) is 114 Å². The summed E-state index contributed by atoms with van der Waals surface area (Å²) in [6, 6.07) is 6.99. The molecule has 2 aliphatic carbocycles. The molecule has 0 spiro atoms. The number of hydrogen-bond donors (Lipinski definition) is 0. The minimum absolute atomic E-state index is 0.741. The number of unbranched alkanes of at least 4 members (excludes halogenated alkanes) is 5. The van der Waals surface area contributed by atoms with Crippen LogP contribution in [0.2, 0.25) is 0 Å². The molecule has 2 saturated carbocycles. The van der Waals surface area contributed by atoms with E-state index in [-0.39, 0.29) is 0 Å². The van der Waals surface area contributed by atoms with Crippen molar-refractivity contribution in [3.8, 4) is 0 Å². The number of rotatable bonds is 13. The van der Waals surface area contributed by atoms with Gasteiger partial charge in [0.05, 0.1) is 0 Å². The molecule has 2 fully saturated rings. The maximum absolute atomic E-state index is 2.47. The molecular formula is C26H42. The van der Waals surface area contributed by atoms with Crippen molar-refractivity contribution in [3.63, 3.8) is 0 Å². The molecule has 3 rings (SSSR count). The minimum atomic E-state index is 0.741. The topological polar surface area (TPSA) is 0 Å². The Morgan fingerprint density at radius 1 is 0.692 bits per heavy atom. The third-order valence-electron chi connectivity index (χ3n) is 7.40. The van der Waals surface area contributed by atoms with Gasteiger partial charge in [-0.25, -0.2) is 0 Å². The quantitative estimate of drug-likeness (QED) is 0.313. The van der Waals surface area contributed by atoms with Crippen LogP contribution < -0.4 is 0 Å². The van der Waals surface area contributed by atoms with Gasteiger partial charge in [-0.2, -0.15) is 0 Å². The molecule has 0 aliphatic heterocycles. The summed E-state index contributed by atoms with van der Waals surface area (Å²) in [5.41, 5.74) is 6.34. The van der Waals surface area contributed by atoms with Crippen molar-refractivity contribution in [2.75, 3.05) is 0 Å². The van der Waals surface area contributed by atoms with Crippen LogP contribution >= 0.6 is 0 Å². The second kappa shape index (κ2) is 8.94. The Morgan fingerprint density at radius 3 is 1.85 bits per heavy atom. The highest BCUT2D eigenvalue weighted by Gasteiger charge is 2.36. The third kappa shape index (κ3) is 6.43. The molecule has 0 radical (unpaired) electrons. The molecule has 2 aliphatic rings. The minimum Gasteiger partial charge on any atom is -0.0617 e. The van der Waals surface area contributed by atoms with Gasteiger partial charge >= 0.3 is 0 Å². The van der Waals surface area contributed by atoms with Gasteiger partial charge in [0.25, 0.3) is 0 Å². The predicted molar refractivity (Wildman–Crippen MR) is 115 cm³/mol. The summed E-state index contributed by atoms with van der Waals surface area (Å²) >= 11 is 0. The summed E-state index contributed by atoms with van der Waals surface area (Å²) in [5.74, 6) is 0. The fourth-order valence-electron chi connectivity index (χ4n) is 4.53. The highest BCUT2D eigenvalue weighted by molar-refractivity contribution is 5.34. The fraction of sp³-hybridized carbons (Fsp3) is 0.769. The lowest BCUT2D eigenvalue weighted by atomic mass is 9.92. The van der Waals surface area contributed by atoms with Gasteiger partial charge in [0.1, 0.15) is 0 Å². The molecular weight excluding hydrogens is 312 g/mol.